The molecular weight excluding hydrogens is 404 g/mol. The SMILES string of the molecule is Brc1ccc2nc(Cc3cccc4ccc(Br)cc34)[nH]c2c1. The van der Waals surface area contributed by atoms with E-state index in [0.29, 0.717) is 0 Å². The molecule has 0 fully saturated rings. The molecule has 22 heavy (non-hydrogen) atoms. The molecule has 108 valence electrons. The Hall–Kier alpha value is -1.65. The maximum Gasteiger partial charge on any atom is 0.111 e. The number of aromatic amines is 1. The molecule has 0 radical (unpaired) electrons. The third kappa shape index (κ3) is 2.57. The van der Waals surface area contributed by atoms with E-state index in [1.807, 2.05) is 12.1 Å². The predicted molar refractivity (Wildman–Crippen MR) is 98.2 cm³/mol. The Kier molecular flexibility index (Phi) is 3.51. The lowest BCUT2D eigenvalue weighted by molar-refractivity contribution is 1.05. The number of aromatic nitrogens is 2. The van der Waals surface area contributed by atoms with Gasteiger partial charge in [-0.3, -0.25) is 0 Å². The zero-order valence-electron chi connectivity index (χ0n) is 11.6. The molecule has 4 heteroatoms. The maximum absolute atomic E-state index is 4.69. The molecule has 0 saturated heterocycles. The van der Waals surface area contributed by atoms with Crippen molar-refractivity contribution in [3.8, 4) is 0 Å². The first-order valence-electron chi connectivity index (χ1n) is 7.00. The number of H-pyrrole nitrogens is 1. The van der Waals surface area contributed by atoms with Crippen molar-refractivity contribution < 1.29 is 0 Å². The molecule has 0 aliphatic heterocycles. The van der Waals surface area contributed by atoms with Crippen molar-refractivity contribution in [2.45, 2.75) is 6.42 Å². The van der Waals surface area contributed by atoms with Crippen molar-refractivity contribution in [3.05, 3.63) is 74.9 Å². The largest absolute Gasteiger partial charge is 0.342 e. The molecule has 3 aromatic carbocycles. The summed E-state index contributed by atoms with van der Waals surface area (Å²) in [4.78, 5) is 8.10. The standard InChI is InChI=1S/C18H12Br2N2/c19-13-5-4-11-2-1-3-12(15(11)9-13)8-18-21-16-7-6-14(20)10-17(16)22-18/h1-7,9-10H,8H2,(H,21,22). The van der Waals surface area contributed by atoms with E-state index in [1.165, 1.54) is 16.3 Å². The molecule has 0 aliphatic rings. The molecule has 0 unspecified atom stereocenters. The minimum atomic E-state index is 0.792. The molecule has 1 N–H and O–H groups in total. The van der Waals surface area contributed by atoms with Crippen LogP contribution in [0.2, 0.25) is 0 Å². The van der Waals surface area contributed by atoms with Crippen LogP contribution in [0.4, 0.5) is 0 Å². The Morgan fingerprint density at radius 2 is 1.73 bits per heavy atom. The van der Waals surface area contributed by atoms with E-state index >= 15 is 0 Å². The molecule has 0 aliphatic carbocycles. The quantitative estimate of drug-likeness (QED) is 0.438. The number of nitrogens with zero attached hydrogens (tertiary/aromatic N) is 1. The van der Waals surface area contributed by atoms with Gasteiger partial charge in [0.2, 0.25) is 0 Å². The van der Waals surface area contributed by atoms with Gasteiger partial charge >= 0.3 is 0 Å². The molecule has 2 nitrogen and oxygen atoms in total. The van der Waals surface area contributed by atoms with Gasteiger partial charge < -0.3 is 4.98 Å². The summed E-state index contributed by atoms with van der Waals surface area (Å²) < 4.78 is 2.16. The number of fused-ring (bicyclic) bond motifs is 2. The lowest BCUT2D eigenvalue weighted by atomic mass is 10.0. The van der Waals surface area contributed by atoms with Crippen LogP contribution in [0, 0.1) is 0 Å². The topological polar surface area (TPSA) is 28.7 Å². The molecule has 0 bridgehead atoms. The van der Waals surface area contributed by atoms with Crippen LogP contribution in [0.25, 0.3) is 21.8 Å². The van der Waals surface area contributed by atoms with Crippen LogP contribution in [0.5, 0.6) is 0 Å². The highest BCUT2D eigenvalue weighted by atomic mass is 79.9. The van der Waals surface area contributed by atoms with Crippen LogP contribution < -0.4 is 0 Å². The van der Waals surface area contributed by atoms with Gasteiger partial charge in [-0.2, -0.15) is 0 Å². The Morgan fingerprint density at radius 3 is 2.64 bits per heavy atom. The average Bonchev–Trinajstić information content (AvgIpc) is 2.89. The molecule has 0 saturated carbocycles. The zero-order valence-corrected chi connectivity index (χ0v) is 14.8. The first-order chi connectivity index (χ1) is 10.7. The number of halogens is 2. The van der Waals surface area contributed by atoms with Gasteiger partial charge in [0, 0.05) is 15.4 Å². The van der Waals surface area contributed by atoms with Crippen LogP contribution in [-0.2, 0) is 6.42 Å². The third-order valence-electron chi connectivity index (χ3n) is 3.79. The molecule has 1 heterocycles. The summed E-state index contributed by atoms with van der Waals surface area (Å²) in [6.07, 6.45) is 0.792. The van der Waals surface area contributed by atoms with Gasteiger partial charge in [0.15, 0.2) is 0 Å². The highest BCUT2D eigenvalue weighted by molar-refractivity contribution is 9.10. The summed E-state index contributed by atoms with van der Waals surface area (Å²) in [5, 5.41) is 2.51. The molecule has 4 rings (SSSR count). The maximum atomic E-state index is 4.69. The second-order valence-electron chi connectivity index (χ2n) is 5.30. The fraction of sp³-hybridized carbons (Fsp3) is 0.0556. The number of benzene rings is 3. The molecule has 0 amide bonds. The monoisotopic (exact) mass is 414 g/mol. The molecule has 0 spiro atoms. The first-order valence-corrected chi connectivity index (χ1v) is 8.59. The van der Waals surface area contributed by atoms with Crippen molar-refractivity contribution >= 4 is 53.7 Å². The van der Waals surface area contributed by atoms with Gasteiger partial charge in [0.1, 0.15) is 5.82 Å². The van der Waals surface area contributed by atoms with Crippen LogP contribution in [0.3, 0.4) is 0 Å². The highest BCUT2D eigenvalue weighted by Gasteiger charge is 2.07. The summed E-state index contributed by atoms with van der Waals surface area (Å²) in [6.45, 7) is 0. The summed E-state index contributed by atoms with van der Waals surface area (Å²) in [5.74, 6) is 0.987. The molecule has 1 aromatic heterocycles. The van der Waals surface area contributed by atoms with Gasteiger partial charge in [-0.15, -0.1) is 0 Å². The van der Waals surface area contributed by atoms with Crippen molar-refractivity contribution in [1.82, 2.24) is 9.97 Å². The van der Waals surface area contributed by atoms with E-state index in [0.717, 1.165) is 32.2 Å². The smallest absolute Gasteiger partial charge is 0.111 e. The second kappa shape index (κ2) is 5.52. The number of hydrogen-bond donors (Lipinski definition) is 1. The van der Waals surface area contributed by atoms with Crippen LogP contribution in [0.15, 0.2) is 63.5 Å². The van der Waals surface area contributed by atoms with Crippen molar-refractivity contribution in [1.29, 1.82) is 0 Å². The lowest BCUT2D eigenvalue weighted by Crippen LogP contribution is -1.92. The third-order valence-corrected chi connectivity index (χ3v) is 4.77. The van der Waals surface area contributed by atoms with E-state index in [2.05, 4.69) is 79.3 Å². The number of rotatable bonds is 2. The summed E-state index contributed by atoms with van der Waals surface area (Å²) in [5.41, 5.74) is 3.34. The summed E-state index contributed by atoms with van der Waals surface area (Å²) in [6, 6.07) is 18.9. The van der Waals surface area contributed by atoms with Gasteiger partial charge in [-0.25, -0.2) is 4.98 Å². The summed E-state index contributed by atoms with van der Waals surface area (Å²) in [7, 11) is 0. The Balaban J connectivity index is 1.80. The lowest BCUT2D eigenvalue weighted by Gasteiger charge is -2.05. The van der Waals surface area contributed by atoms with E-state index in [4.69, 9.17) is 4.98 Å². The van der Waals surface area contributed by atoms with Gasteiger partial charge in [0.05, 0.1) is 11.0 Å². The zero-order chi connectivity index (χ0) is 15.1. The van der Waals surface area contributed by atoms with E-state index in [-0.39, 0.29) is 0 Å². The van der Waals surface area contributed by atoms with E-state index in [1.54, 1.807) is 0 Å². The number of hydrogen-bond acceptors (Lipinski definition) is 1. The van der Waals surface area contributed by atoms with Crippen molar-refractivity contribution in [2.75, 3.05) is 0 Å². The van der Waals surface area contributed by atoms with Gasteiger partial charge in [-0.05, 0) is 46.7 Å². The Labute approximate surface area is 144 Å². The van der Waals surface area contributed by atoms with Crippen LogP contribution in [0.1, 0.15) is 11.4 Å². The minimum absolute atomic E-state index is 0.792. The normalized spacial score (nSPS) is 11.4. The fourth-order valence-corrected chi connectivity index (χ4v) is 3.48. The summed E-state index contributed by atoms with van der Waals surface area (Å²) >= 11 is 7.06. The fourth-order valence-electron chi connectivity index (χ4n) is 2.76. The van der Waals surface area contributed by atoms with E-state index < -0.39 is 0 Å². The number of imidazole rings is 1. The average molecular weight is 416 g/mol. The van der Waals surface area contributed by atoms with Crippen molar-refractivity contribution in [3.63, 3.8) is 0 Å². The van der Waals surface area contributed by atoms with Crippen molar-refractivity contribution in [2.24, 2.45) is 0 Å². The van der Waals surface area contributed by atoms with Gasteiger partial charge in [0.25, 0.3) is 0 Å². The Morgan fingerprint density at radius 1 is 0.909 bits per heavy atom. The second-order valence-corrected chi connectivity index (χ2v) is 7.14. The van der Waals surface area contributed by atoms with Crippen LogP contribution >= 0.6 is 31.9 Å². The molecule has 0 atom stereocenters. The van der Waals surface area contributed by atoms with Gasteiger partial charge in [-0.1, -0.05) is 56.1 Å². The first kappa shape index (κ1) is 14.0. The molecule has 4 aromatic rings. The minimum Gasteiger partial charge on any atom is -0.342 e. The molecular formula is C18H12Br2N2. The highest BCUT2D eigenvalue weighted by Crippen LogP contribution is 2.25. The predicted octanol–water partition coefficient (Wildman–Crippen LogP) is 5.83. The van der Waals surface area contributed by atoms with E-state index in [9.17, 15) is 0 Å². The Bertz CT molecular complexity index is 989. The number of nitrogens with one attached hydrogen (secondary N) is 1. The van der Waals surface area contributed by atoms with Crippen LogP contribution in [-0.4, -0.2) is 9.97 Å².